The van der Waals surface area contributed by atoms with Crippen LogP contribution >= 0.6 is 11.3 Å². The molecular weight excluding hydrogens is 412 g/mol. The van der Waals surface area contributed by atoms with Crippen LogP contribution in [-0.4, -0.2) is 33.4 Å². The molecule has 0 bridgehead atoms. The summed E-state index contributed by atoms with van der Waals surface area (Å²) in [4.78, 5) is 37.4. The average Bonchev–Trinajstić information content (AvgIpc) is 3.35. The highest BCUT2D eigenvalue weighted by Crippen LogP contribution is 2.33. The van der Waals surface area contributed by atoms with E-state index in [9.17, 15) is 18.4 Å². The van der Waals surface area contributed by atoms with Crippen molar-refractivity contribution in [3.63, 3.8) is 0 Å². The Kier molecular flexibility index (Phi) is 5.27. The van der Waals surface area contributed by atoms with Crippen molar-refractivity contribution in [1.29, 1.82) is 0 Å². The molecule has 2 atom stereocenters. The van der Waals surface area contributed by atoms with Crippen molar-refractivity contribution >= 4 is 32.7 Å². The lowest BCUT2D eigenvalue weighted by Gasteiger charge is -2.25. The maximum Gasteiger partial charge on any atom is 0.302 e. The first-order valence-electron chi connectivity index (χ1n) is 9.65. The number of halogens is 2. The lowest BCUT2D eigenvalue weighted by atomic mass is 10.1. The van der Waals surface area contributed by atoms with Crippen molar-refractivity contribution < 1.29 is 13.6 Å². The Morgan fingerprint density at radius 3 is 2.77 bits per heavy atom. The van der Waals surface area contributed by atoms with Crippen LogP contribution in [-0.2, 0) is 10.7 Å². The van der Waals surface area contributed by atoms with Crippen molar-refractivity contribution in [1.82, 2.24) is 20.3 Å². The van der Waals surface area contributed by atoms with Crippen LogP contribution in [0.2, 0.25) is 0 Å². The second-order valence-corrected chi connectivity index (χ2v) is 8.40. The van der Waals surface area contributed by atoms with Crippen molar-refractivity contribution in [3.05, 3.63) is 52.1 Å². The number of rotatable bonds is 5. The van der Waals surface area contributed by atoms with Gasteiger partial charge in [-0.3, -0.25) is 9.59 Å². The van der Waals surface area contributed by atoms with Gasteiger partial charge in [-0.05, 0) is 25.3 Å². The minimum absolute atomic E-state index is 0.00621. The van der Waals surface area contributed by atoms with Crippen LogP contribution in [0.3, 0.4) is 0 Å². The van der Waals surface area contributed by atoms with Gasteiger partial charge < -0.3 is 15.2 Å². The van der Waals surface area contributed by atoms with Gasteiger partial charge in [-0.1, -0.05) is 41.7 Å². The minimum atomic E-state index is -3.26. The summed E-state index contributed by atoms with van der Waals surface area (Å²) in [6.07, 6.45) is 1.43. The zero-order valence-corrected chi connectivity index (χ0v) is 17.3. The van der Waals surface area contributed by atoms with E-state index in [1.54, 1.807) is 0 Å². The molecule has 158 valence electrons. The molecule has 0 spiro atoms. The summed E-state index contributed by atoms with van der Waals surface area (Å²) >= 11 is 1.05. The van der Waals surface area contributed by atoms with Gasteiger partial charge in [-0.2, -0.15) is 8.78 Å². The monoisotopic (exact) mass is 433 g/mol. The fraction of sp³-hybridized carbons (Fsp3) is 0.400. The Hall–Kier alpha value is -2.88. The molecule has 3 heterocycles. The number of carbonyl (C=O) groups excluding carboxylic acids is 1. The van der Waals surface area contributed by atoms with Crippen molar-refractivity contribution in [2.75, 3.05) is 11.4 Å². The molecule has 10 heteroatoms. The molecule has 1 unspecified atom stereocenters. The van der Waals surface area contributed by atoms with Crippen LogP contribution in [0.4, 0.5) is 13.9 Å². The first kappa shape index (κ1) is 20.4. The van der Waals surface area contributed by atoms with Gasteiger partial charge in [0.05, 0.1) is 6.04 Å². The summed E-state index contributed by atoms with van der Waals surface area (Å²) in [6.45, 7) is 3.18. The third-order valence-corrected chi connectivity index (χ3v) is 6.12. The predicted octanol–water partition coefficient (Wildman–Crippen LogP) is 3.34. The Balaban J connectivity index is 1.58. The first-order chi connectivity index (χ1) is 14.2. The number of aromatic nitrogens is 3. The lowest BCUT2D eigenvalue weighted by molar-refractivity contribution is -0.122. The number of nitrogens with one attached hydrogen (secondary N) is 2. The maximum absolute atomic E-state index is 13.6. The number of alkyl halides is 2. The highest BCUT2D eigenvalue weighted by atomic mass is 32.1. The number of amides is 1. The molecule has 4 rings (SSSR count). The van der Waals surface area contributed by atoms with Crippen molar-refractivity contribution in [3.8, 4) is 0 Å². The number of thiazole rings is 1. The average molecular weight is 433 g/mol. The fourth-order valence-electron chi connectivity index (χ4n) is 3.55. The molecular formula is C20H21F2N5O2S. The number of H-pyrrole nitrogens is 1. The summed E-state index contributed by atoms with van der Waals surface area (Å²) in [6, 6.07) is 9.05. The Morgan fingerprint density at radius 1 is 1.33 bits per heavy atom. The van der Waals surface area contributed by atoms with E-state index in [4.69, 9.17) is 0 Å². The van der Waals surface area contributed by atoms with Gasteiger partial charge in [0.15, 0.2) is 21.3 Å². The maximum atomic E-state index is 13.6. The van der Waals surface area contributed by atoms with E-state index in [-0.39, 0.29) is 22.3 Å². The van der Waals surface area contributed by atoms with Gasteiger partial charge in [0.1, 0.15) is 6.04 Å². The number of hydrogen-bond acceptors (Lipinski definition) is 6. The Labute approximate surface area is 175 Å². The molecule has 1 amide bonds. The van der Waals surface area contributed by atoms with Crippen molar-refractivity contribution in [2.45, 2.75) is 44.7 Å². The standard InChI is InChI=1S/C20H21F2N5O2S/c1-11(12-7-4-3-5-8-12)23-15(28)13-9-6-10-27(13)19-24-14-16(29)25-18(20(2,21)22)26-17(14)30-19/h3-5,7-8,11,13H,6,9-10H2,1-2H3,(H,23,28)(H,25,26,29)/t11-,13?/m1/s1. The second-order valence-electron chi connectivity index (χ2n) is 7.45. The molecule has 0 saturated carbocycles. The van der Waals surface area contributed by atoms with Gasteiger partial charge in [-0.25, -0.2) is 9.97 Å². The second kappa shape index (κ2) is 7.75. The topological polar surface area (TPSA) is 91.0 Å². The van der Waals surface area contributed by atoms with E-state index in [0.29, 0.717) is 25.0 Å². The van der Waals surface area contributed by atoms with Crippen LogP contribution in [0.1, 0.15) is 44.1 Å². The largest absolute Gasteiger partial charge is 0.348 e. The van der Waals surface area contributed by atoms with Gasteiger partial charge in [-0.15, -0.1) is 0 Å². The summed E-state index contributed by atoms with van der Waals surface area (Å²) in [5.74, 6) is -4.09. The number of anilines is 1. The molecule has 7 nitrogen and oxygen atoms in total. The number of fused-ring (bicyclic) bond motifs is 1. The first-order valence-corrected chi connectivity index (χ1v) is 10.5. The van der Waals surface area contributed by atoms with E-state index in [2.05, 4.69) is 20.3 Å². The Bertz CT molecular complexity index is 1130. The molecule has 2 aromatic heterocycles. The zero-order chi connectivity index (χ0) is 21.5. The normalized spacial score (nSPS) is 18.0. The third-order valence-electron chi connectivity index (χ3n) is 5.13. The summed E-state index contributed by atoms with van der Waals surface area (Å²) in [5.41, 5.74) is 0.294. The predicted molar refractivity (Wildman–Crippen MR) is 111 cm³/mol. The molecule has 1 aromatic carbocycles. The van der Waals surface area contributed by atoms with Crippen LogP contribution in [0, 0.1) is 0 Å². The van der Waals surface area contributed by atoms with E-state index < -0.39 is 23.3 Å². The van der Waals surface area contributed by atoms with Crippen LogP contribution in [0.25, 0.3) is 10.3 Å². The zero-order valence-electron chi connectivity index (χ0n) is 16.5. The van der Waals surface area contributed by atoms with Crippen LogP contribution in [0.15, 0.2) is 35.1 Å². The molecule has 30 heavy (non-hydrogen) atoms. The highest BCUT2D eigenvalue weighted by molar-refractivity contribution is 7.21. The molecule has 1 aliphatic rings. The number of benzene rings is 1. The molecule has 1 fully saturated rings. The van der Waals surface area contributed by atoms with E-state index >= 15 is 0 Å². The smallest absolute Gasteiger partial charge is 0.302 e. The van der Waals surface area contributed by atoms with Gasteiger partial charge in [0.2, 0.25) is 5.91 Å². The number of aromatic amines is 1. The van der Waals surface area contributed by atoms with Crippen LogP contribution < -0.4 is 15.8 Å². The van der Waals surface area contributed by atoms with Crippen LogP contribution in [0.5, 0.6) is 0 Å². The molecule has 1 aliphatic heterocycles. The Morgan fingerprint density at radius 2 is 2.07 bits per heavy atom. The summed E-state index contributed by atoms with van der Waals surface area (Å²) in [5, 5.41) is 3.46. The highest BCUT2D eigenvalue weighted by Gasteiger charge is 2.34. The number of hydrogen-bond donors (Lipinski definition) is 2. The fourth-order valence-corrected chi connectivity index (χ4v) is 4.57. The van der Waals surface area contributed by atoms with E-state index in [0.717, 1.165) is 23.3 Å². The summed E-state index contributed by atoms with van der Waals surface area (Å²) < 4.78 is 27.2. The molecule has 0 radical (unpaired) electrons. The van der Waals surface area contributed by atoms with Gasteiger partial charge in [0, 0.05) is 13.5 Å². The molecule has 2 N–H and O–H groups in total. The van der Waals surface area contributed by atoms with Gasteiger partial charge >= 0.3 is 5.92 Å². The number of nitrogens with zero attached hydrogens (tertiary/aromatic N) is 3. The molecule has 3 aromatic rings. The number of carbonyl (C=O) groups is 1. The summed E-state index contributed by atoms with van der Waals surface area (Å²) in [7, 11) is 0. The lowest BCUT2D eigenvalue weighted by Crippen LogP contribution is -2.44. The minimum Gasteiger partial charge on any atom is -0.348 e. The quantitative estimate of drug-likeness (QED) is 0.644. The van der Waals surface area contributed by atoms with E-state index in [1.165, 1.54) is 0 Å². The van der Waals surface area contributed by atoms with Crippen molar-refractivity contribution in [2.24, 2.45) is 0 Å². The molecule has 0 aliphatic carbocycles. The van der Waals surface area contributed by atoms with E-state index in [1.807, 2.05) is 42.2 Å². The SMILES string of the molecule is C[C@@H](NC(=O)C1CCCN1c1nc2c(=O)[nH]c(C(C)(F)F)nc2s1)c1ccccc1. The molecule has 1 saturated heterocycles. The third kappa shape index (κ3) is 3.91. The van der Waals surface area contributed by atoms with Gasteiger partial charge in [0.25, 0.3) is 5.56 Å².